The van der Waals surface area contributed by atoms with Crippen LogP contribution in [0.25, 0.3) is 0 Å². The lowest BCUT2D eigenvalue weighted by molar-refractivity contribution is -0.145. The fraction of sp³-hybridized carbons (Fsp3) is 0.364. The van der Waals surface area contributed by atoms with Gasteiger partial charge in [-0.1, -0.05) is 29.8 Å². The van der Waals surface area contributed by atoms with Crippen molar-refractivity contribution in [2.45, 2.75) is 50.1 Å². The molecule has 30 heavy (non-hydrogen) atoms. The molecule has 0 saturated carbocycles. The third-order valence-corrected chi connectivity index (χ3v) is 5.56. The minimum Gasteiger partial charge on any atom is -0.465 e. The molecule has 8 heteroatoms. The molecule has 1 aliphatic rings. The molecule has 0 unspecified atom stereocenters. The van der Waals surface area contributed by atoms with Crippen LogP contribution in [0.1, 0.15) is 36.5 Å². The standard InChI is InChI=1S/C15H18N2O2.C7H8O3S/c1-2-19-15(18)14-8-7-13(17-14)9-11-3-5-12(10-16)6-4-11;1-6-2-4-7(5-3-6)11(8,9)10/h3-6,13-14,17H,2,7-9H2,1H3;2-5H,1H3,(H,8,9,10)/t13-,14+;/m0./s1. The Morgan fingerprint density at radius 2 is 1.80 bits per heavy atom. The highest BCUT2D eigenvalue weighted by atomic mass is 32.2. The number of nitrogens with one attached hydrogen (secondary N) is 1. The molecule has 2 N–H and O–H groups in total. The summed E-state index contributed by atoms with van der Waals surface area (Å²) in [7, 11) is -4.02. The van der Waals surface area contributed by atoms with Crippen LogP contribution in [0.5, 0.6) is 0 Å². The van der Waals surface area contributed by atoms with Crippen LogP contribution in [0.4, 0.5) is 0 Å². The maximum Gasteiger partial charge on any atom is 0.323 e. The van der Waals surface area contributed by atoms with Crippen molar-refractivity contribution in [2.75, 3.05) is 6.61 Å². The van der Waals surface area contributed by atoms with Gasteiger partial charge in [0.05, 0.1) is 23.1 Å². The van der Waals surface area contributed by atoms with Crippen molar-refractivity contribution in [3.8, 4) is 6.07 Å². The molecule has 0 spiro atoms. The summed E-state index contributed by atoms with van der Waals surface area (Å²) >= 11 is 0. The first-order valence-electron chi connectivity index (χ1n) is 9.68. The number of ether oxygens (including phenoxy) is 1. The van der Waals surface area contributed by atoms with Crippen LogP contribution in [0, 0.1) is 18.3 Å². The Labute approximate surface area is 177 Å². The van der Waals surface area contributed by atoms with Gasteiger partial charge in [0.1, 0.15) is 6.04 Å². The Bertz CT molecular complexity index is 980. The summed E-state index contributed by atoms with van der Waals surface area (Å²) in [5.74, 6) is -0.148. The molecule has 1 aliphatic heterocycles. The maximum atomic E-state index is 11.6. The minimum atomic E-state index is -4.02. The number of benzene rings is 2. The van der Waals surface area contributed by atoms with Crippen molar-refractivity contribution in [3.05, 3.63) is 65.2 Å². The first-order valence-corrected chi connectivity index (χ1v) is 11.1. The zero-order valence-electron chi connectivity index (χ0n) is 17.0. The van der Waals surface area contributed by atoms with Gasteiger partial charge in [0.2, 0.25) is 0 Å². The van der Waals surface area contributed by atoms with Crippen LogP contribution in [0.15, 0.2) is 53.4 Å². The molecule has 0 bridgehead atoms. The van der Waals surface area contributed by atoms with Crippen molar-refractivity contribution in [3.63, 3.8) is 0 Å². The van der Waals surface area contributed by atoms with Gasteiger partial charge in [-0.05, 0) is 62.9 Å². The molecule has 1 saturated heterocycles. The highest BCUT2D eigenvalue weighted by Crippen LogP contribution is 2.18. The number of hydrogen-bond acceptors (Lipinski definition) is 6. The van der Waals surface area contributed by atoms with Crippen molar-refractivity contribution in [1.29, 1.82) is 5.26 Å². The van der Waals surface area contributed by atoms with E-state index in [1.165, 1.54) is 17.7 Å². The number of hydrogen-bond donors (Lipinski definition) is 2. The van der Waals surface area contributed by atoms with E-state index >= 15 is 0 Å². The summed E-state index contributed by atoms with van der Waals surface area (Å²) in [6.45, 7) is 4.09. The zero-order valence-corrected chi connectivity index (χ0v) is 17.9. The summed E-state index contributed by atoms with van der Waals surface area (Å²) in [6, 6.07) is 15.8. The van der Waals surface area contributed by atoms with Gasteiger partial charge in [0.15, 0.2) is 0 Å². The van der Waals surface area contributed by atoms with E-state index in [2.05, 4.69) is 11.4 Å². The summed E-state index contributed by atoms with van der Waals surface area (Å²) < 4.78 is 34.6. The van der Waals surface area contributed by atoms with Gasteiger partial charge in [-0.2, -0.15) is 13.7 Å². The number of nitriles is 1. The molecule has 2 aromatic carbocycles. The molecule has 160 valence electrons. The minimum absolute atomic E-state index is 0.0666. The van der Waals surface area contributed by atoms with Crippen molar-refractivity contribution in [1.82, 2.24) is 5.32 Å². The van der Waals surface area contributed by atoms with E-state index in [4.69, 9.17) is 14.6 Å². The van der Waals surface area contributed by atoms with E-state index in [-0.39, 0.29) is 16.9 Å². The van der Waals surface area contributed by atoms with Crippen LogP contribution in [-0.4, -0.2) is 37.6 Å². The SMILES string of the molecule is CCOC(=O)[C@H]1CC[C@@H](Cc2ccc(C#N)cc2)N1.Cc1ccc(S(=O)(=O)O)cc1. The number of carbonyl (C=O) groups excluding carboxylic acids is 1. The van der Waals surface area contributed by atoms with Crippen LogP contribution in [0.2, 0.25) is 0 Å². The number of nitrogens with zero attached hydrogens (tertiary/aromatic N) is 1. The van der Waals surface area contributed by atoms with Gasteiger partial charge >= 0.3 is 5.97 Å². The lowest BCUT2D eigenvalue weighted by Crippen LogP contribution is -2.37. The fourth-order valence-electron chi connectivity index (χ4n) is 3.12. The second-order valence-corrected chi connectivity index (χ2v) is 8.47. The molecule has 7 nitrogen and oxygen atoms in total. The second kappa shape index (κ2) is 10.9. The van der Waals surface area contributed by atoms with Crippen LogP contribution in [0.3, 0.4) is 0 Å². The highest BCUT2D eigenvalue weighted by Gasteiger charge is 2.29. The molecule has 0 amide bonds. The van der Waals surface area contributed by atoms with Gasteiger partial charge in [-0.25, -0.2) is 0 Å². The third-order valence-electron chi connectivity index (χ3n) is 4.70. The summed E-state index contributed by atoms with van der Waals surface area (Å²) in [6.07, 6.45) is 2.69. The first-order chi connectivity index (χ1) is 14.2. The van der Waals surface area contributed by atoms with Gasteiger partial charge in [0.25, 0.3) is 10.1 Å². The van der Waals surface area contributed by atoms with E-state index in [0.29, 0.717) is 18.2 Å². The Morgan fingerprint density at radius 3 is 2.33 bits per heavy atom. The van der Waals surface area contributed by atoms with Crippen LogP contribution < -0.4 is 5.32 Å². The third kappa shape index (κ3) is 7.26. The Morgan fingerprint density at radius 1 is 1.17 bits per heavy atom. The first kappa shape index (κ1) is 23.5. The smallest absolute Gasteiger partial charge is 0.323 e. The maximum absolute atomic E-state index is 11.6. The van der Waals surface area contributed by atoms with Crippen molar-refractivity contribution in [2.24, 2.45) is 0 Å². The van der Waals surface area contributed by atoms with E-state index in [1.54, 1.807) is 12.1 Å². The molecule has 3 rings (SSSR count). The molecule has 1 fully saturated rings. The summed E-state index contributed by atoms with van der Waals surface area (Å²) in [4.78, 5) is 11.5. The van der Waals surface area contributed by atoms with E-state index in [0.717, 1.165) is 24.8 Å². The van der Waals surface area contributed by atoms with Crippen molar-refractivity contribution >= 4 is 16.1 Å². The Balaban J connectivity index is 0.000000248. The lowest BCUT2D eigenvalue weighted by atomic mass is 10.0. The molecule has 0 radical (unpaired) electrons. The average molecular weight is 431 g/mol. The number of rotatable bonds is 5. The van der Waals surface area contributed by atoms with Gasteiger partial charge in [0, 0.05) is 6.04 Å². The predicted octanol–water partition coefficient (Wildman–Crippen LogP) is 3.03. The quantitative estimate of drug-likeness (QED) is 0.553. The summed E-state index contributed by atoms with van der Waals surface area (Å²) in [5.41, 5.74) is 2.81. The monoisotopic (exact) mass is 430 g/mol. The fourth-order valence-corrected chi connectivity index (χ4v) is 3.60. The molecule has 0 aromatic heterocycles. The number of esters is 1. The second-order valence-electron chi connectivity index (χ2n) is 7.05. The van der Waals surface area contributed by atoms with Gasteiger partial charge < -0.3 is 10.1 Å². The molecule has 2 atom stereocenters. The van der Waals surface area contributed by atoms with Gasteiger partial charge in [-0.15, -0.1) is 0 Å². The number of carbonyl (C=O) groups is 1. The van der Waals surface area contributed by atoms with Crippen LogP contribution in [-0.2, 0) is 26.1 Å². The number of aryl methyl sites for hydroxylation is 1. The molecule has 0 aliphatic carbocycles. The molecule has 2 aromatic rings. The largest absolute Gasteiger partial charge is 0.465 e. The zero-order chi connectivity index (χ0) is 22.1. The van der Waals surface area contributed by atoms with Crippen molar-refractivity contribution < 1.29 is 22.5 Å². The van der Waals surface area contributed by atoms with Crippen LogP contribution >= 0.6 is 0 Å². The molecular weight excluding hydrogens is 404 g/mol. The average Bonchev–Trinajstić information content (AvgIpc) is 3.17. The van der Waals surface area contributed by atoms with E-state index < -0.39 is 10.1 Å². The lowest BCUT2D eigenvalue weighted by Gasteiger charge is -2.13. The predicted molar refractivity (Wildman–Crippen MR) is 112 cm³/mol. The normalized spacial score (nSPS) is 18.1. The van der Waals surface area contributed by atoms with Gasteiger partial charge in [-0.3, -0.25) is 9.35 Å². The van der Waals surface area contributed by atoms with E-state index in [1.807, 2.05) is 38.1 Å². The molecule has 1 heterocycles. The topological polar surface area (TPSA) is 116 Å². The van der Waals surface area contributed by atoms with E-state index in [9.17, 15) is 13.2 Å². The Hall–Kier alpha value is -2.73. The molecular formula is C22H26N2O5S. The Kier molecular flexibility index (Phi) is 8.54. The highest BCUT2D eigenvalue weighted by molar-refractivity contribution is 7.85. The summed E-state index contributed by atoms with van der Waals surface area (Å²) in [5, 5.41) is 12.1.